The first kappa shape index (κ1) is 16.7. The van der Waals surface area contributed by atoms with Crippen LogP contribution in [-0.4, -0.2) is 28.6 Å². The molecule has 2 aromatic heterocycles. The van der Waals surface area contributed by atoms with Crippen LogP contribution in [0, 0.1) is 0 Å². The van der Waals surface area contributed by atoms with E-state index in [-0.39, 0.29) is 13.0 Å². The zero-order chi connectivity index (χ0) is 17.8. The SMILES string of the molecule is O=C(O)Cc1csc(NC(=O)COc2ccc3ccc(=O)oc3c2)n1. The third-order valence-corrected chi connectivity index (χ3v) is 3.90. The lowest BCUT2D eigenvalue weighted by Gasteiger charge is -2.06. The number of carbonyl (C=O) groups is 2. The van der Waals surface area contributed by atoms with Crippen molar-refractivity contribution < 1.29 is 23.8 Å². The third-order valence-electron chi connectivity index (χ3n) is 3.09. The lowest BCUT2D eigenvalue weighted by atomic mass is 10.2. The molecule has 0 bridgehead atoms. The number of nitrogens with zero attached hydrogens (tertiary/aromatic N) is 1. The molecule has 0 aliphatic heterocycles. The van der Waals surface area contributed by atoms with Gasteiger partial charge in [0, 0.05) is 22.9 Å². The predicted molar refractivity (Wildman–Crippen MR) is 90.1 cm³/mol. The largest absolute Gasteiger partial charge is 0.484 e. The molecule has 9 heteroatoms. The van der Waals surface area contributed by atoms with Crippen LogP contribution in [0.4, 0.5) is 5.13 Å². The van der Waals surface area contributed by atoms with Gasteiger partial charge in [0.2, 0.25) is 0 Å². The van der Waals surface area contributed by atoms with Crippen molar-refractivity contribution in [3.05, 3.63) is 51.8 Å². The van der Waals surface area contributed by atoms with Crippen LogP contribution in [0.25, 0.3) is 11.0 Å². The zero-order valence-electron chi connectivity index (χ0n) is 12.7. The Labute approximate surface area is 144 Å². The van der Waals surface area contributed by atoms with Gasteiger partial charge in [-0.05, 0) is 18.2 Å². The number of hydrogen-bond acceptors (Lipinski definition) is 7. The van der Waals surface area contributed by atoms with E-state index < -0.39 is 17.5 Å². The molecule has 8 nitrogen and oxygen atoms in total. The minimum atomic E-state index is -0.991. The smallest absolute Gasteiger partial charge is 0.336 e. The van der Waals surface area contributed by atoms with E-state index in [0.717, 1.165) is 16.7 Å². The van der Waals surface area contributed by atoms with Crippen molar-refractivity contribution >= 4 is 39.3 Å². The number of carbonyl (C=O) groups excluding carboxylic acids is 1. The summed E-state index contributed by atoms with van der Waals surface area (Å²) in [6.45, 7) is -0.267. The Bertz CT molecular complexity index is 993. The van der Waals surface area contributed by atoms with Crippen LogP contribution in [0.5, 0.6) is 5.75 Å². The molecule has 0 aliphatic carbocycles. The standard InChI is InChI=1S/C16H12N2O6S/c19-13(18-16-17-10(8-25-16)5-14(20)21)7-23-11-3-1-9-2-4-15(22)24-12(9)6-11/h1-4,6,8H,5,7H2,(H,20,21)(H,17,18,19). The molecular weight excluding hydrogens is 348 g/mol. The summed E-state index contributed by atoms with van der Waals surface area (Å²) < 4.78 is 10.4. The maximum atomic E-state index is 11.9. The molecule has 1 aromatic carbocycles. The zero-order valence-corrected chi connectivity index (χ0v) is 13.5. The molecule has 3 rings (SSSR count). The maximum absolute atomic E-state index is 11.9. The summed E-state index contributed by atoms with van der Waals surface area (Å²) in [4.78, 5) is 37.7. The summed E-state index contributed by atoms with van der Waals surface area (Å²) in [6.07, 6.45) is -0.203. The van der Waals surface area contributed by atoms with Crippen molar-refractivity contribution in [2.45, 2.75) is 6.42 Å². The van der Waals surface area contributed by atoms with Crippen molar-refractivity contribution in [2.24, 2.45) is 0 Å². The van der Waals surface area contributed by atoms with Gasteiger partial charge in [0.1, 0.15) is 11.3 Å². The van der Waals surface area contributed by atoms with Crippen LogP contribution in [0.15, 0.2) is 44.9 Å². The van der Waals surface area contributed by atoms with E-state index in [1.165, 1.54) is 12.1 Å². The second-order valence-corrected chi connectivity index (χ2v) is 5.86. The van der Waals surface area contributed by atoms with Gasteiger partial charge in [-0.3, -0.25) is 14.9 Å². The lowest BCUT2D eigenvalue weighted by Crippen LogP contribution is -2.20. The highest BCUT2D eigenvalue weighted by Gasteiger charge is 2.10. The summed E-state index contributed by atoms with van der Waals surface area (Å²) in [5.74, 6) is -1.05. The fraction of sp³-hybridized carbons (Fsp3) is 0.125. The Morgan fingerprint density at radius 2 is 2.08 bits per heavy atom. The minimum Gasteiger partial charge on any atom is -0.484 e. The molecule has 2 heterocycles. The van der Waals surface area contributed by atoms with Crippen LogP contribution in [0.1, 0.15) is 5.69 Å². The predicted octanol–water partition coefficient (Wildman–Crippen LogP) is 1.89. The molecular formula is C16H12N2O6S. The number of fused-ring (bicyclic) bond motifs is 1. The average Bonchev–Trinajstić information content (AvgIpc) is 2.98. The van der Waals surface area contributed by atoms with Crippen LogP contribution in [0.3, 0.4) is 0 Å². The number of amides is 1. The Morgan fingerprint density at radius 1 is 1.28 bits per heavy atom. The number of hydrogen-bond donors (Lipinski definition) is 2. The topological polar surface area (TPSA) is 119 Å². The lowest BCUT2D eigenvalue weighted by molar-refractivity contribution is -0.136. The molecule has 25 heavy (non-hydrogen) atoms. The summed E-state index contributed by atoms with van der Waals surface area (Å²) in [5.41, 5.74) is 0.269. The van der Waals surface area contributed by atoms with Crippen molar-refractivity contribution in [1.29, 1.82) is 0 Å². The van der Waals surface area contributed by atoms with Crippen molar-refractivity contribution in [1.82, 2.24) is 4.98 Å². The van der Waals surface area contributed by atoms with E-state index >= 15 is 0 Å². The molecule has 0 aliphatic rings. The van der Waals surface area contributed by atoms with Gasteiger partial charge < -0.3 is 14.3 Å². The fourth-order valence-corrected chi connectivity index (χ4v) is 2.76. The highest BCUT2D eigenvalue weighted by atomic mass is 32.1. The summed E-state index contributed by atoms with van der Waals surface area (Å²) in [5, 5.41) is 13.8. The number of thiazole rings is 1. The van der Waals surface area contributed by atoms with Crippen molar-refractivity contribution in [3.63, 3.8) is 0 Å². The highest BCUT2D eigenvalue weighted by molar-refractivity contribution is 7.13. The van der Waals surface area contributed by atoms with Gasteiger partial charge in [0.25, 0.3) is 5.91 Å². The van der Waals surface area contributed by atoms with E-state index in [1.54, 1.807) is 23.6 Å². The molecule has 128 valence electrons. The van der Waals surface area contributed by atoms with E-state index in [0.29, 0.717) is 22.2 Å². The Kier molecular flexibility index (Phi) is 4.75. The highest BCUT2D eigenvalue weighted by Crippen LogP contribution is 2.20. The van der Waals surface area contributed by atoms with Crippen molar-refractivity contribution in [2.75, 3.05) is 11.9 Å². The number of carboxylic acids is 1. The molecule has 2 N–H and O–H groups in total. The number of benzene rings is 1. The van der Waals surface area contributed by atoms with Crippen LogP contribution in [0.2, 0.25) is 0 Å². The first-order chi connectivity index (χ1) is 12.0. The minimum absolute atomic E-state index is 0.203. The molecule has 3 aromatic rings. The quantitative estimate of drug-likeness (QED) is 0.644. The summed E-state index contributed by atoms with van der Waals surface area (Å²) in [6, 6.07) is 7.85. The van der Waals surface area contributed by atoms with Gasteiger partial charge in [-0.2, -0.15) is 0 Å². The molecule has 1 amide bonds. The summed E-state index contributed by atoms with van der Waals surface area (Å²) >= 11 is 1.13. The van der Waals surface area contributed by atoms with Gasteiger partial charge >= 0.3 is 11.6 Å². The summed E-state index contributed by atoms with van der Waals surface area (Å²) in [7, 11) is 0. The second kappa shape index (κ2) is 7.14. The Hall–Kier alpha value is -3.20. The monoisotopic (exact) mass is 360 g/mol. The molecule has 0 unspecified atom stereocenters. The fourth-order valence-electron chi connectivity index (χ4n) is 2.04. The van der Waals surface area contributed by atoms with Crippen LogP contribution >= 0.6 is 11.3 Å². The van der Waals surface area contributed by atoms with Crippen LogP contribution < -0.4 is 15.7 Å². The van der Waals surface area contributed by atoms with Gasteiger partial charge in [-0.25, -0.2) is 9.78 Å². The molecule has 0 saturated heterocycles. The number of aliphatic carboxylic acids is 1. The van der Waals surface area contributed by atoms with Crippen molar-refractivity contribution in [3.8, 4) is 5.75 Å². The van der Waals surface area contributed by atoms with E-state index in [2.05, 4.69) is 10.3 Å². The van der Waals surface area contributed by atoms with Gasteiger partial charge in [-0.1, -0.05) is 0 Å². The Morgan fingerprint density at radius 3 is 2.88 bits per heavy atom. The number of nitrogens with one attached hydrogen (secondary N) is 1. The van der Waals surface area contributed by atoms with Crippen LogP contribution in [-0.2, 0) is 16.0 Å². The first-order valence-electron chi connectivity index (χ1n) is 7.12. The average molecular weight is 360 g/mol. The number of rotatable bonds is 6. The number of aromatic nitrogens is 1. The first-order valence-corrected chi connectivity index (χ1v) is 8.00. The maximum Gasteiger partial charge on any atom is 0.336 e. The number of anilines is 1. The van der Waals surface area contributed by atoms with E-state index in [1.807, 2.05) is 0 Å². The Balaban J connectivity index is 1.59. The van der Waals surface area contributed by atoms with Gasteiger partial charge in [0.05, 0.1) is 12.1 Å². The molecule has 0 atom stereocenters. The molecule has 0 fully saturated rings. The van der Waals surface area contributed by atoms with Gasteiger partial charge in [0.15, 0.2) is 11.7 Å². The third kappa shape index (κ3) is 4.42. The molecule has 0 saturated carbocycles. The molecule has 0 spiro atoms. The number of carboxylic acid groups (broad SMARTS) is 1. The van der Waals surface area contributed by atoms with Gasteiger partial charge in [-0.15, -0.1) is 11.3 Å². The van der Waals surface area contributed by atoms with E-state index in [4.69, 9.17) is 14.3 Å². The second-order valence-electron chi connectivity index (χ2n) is 5.01. The number of ether oxygens (including phenoxy) is 1. The van der Waals surface area contributed by atoms with E-state index in [9.17, 15) is 14.4 Å². The molecule has 0 radical (unpaired) electrons. The normalized spacial score (nSPS) is 10.6.